The van der Waals surface area contributed by atoms with Crippen LogP contribution in [0.5, 0.6) is 0 Å². The molecule has 1 aliphatic carbocycles. The van der Waals surface area contributed by atoms with Gasteiger partial charge in [-0.1, -0.05) is 25.1 Å². The number of anilines is 2. The van der Waals surface area contributed by atoms with E-state index in [1.807, 2.05) is 18.2 Å². The lowest BCUT2D eigenvalue weighted by atomic mass is 10.1. The van der Waals surface area contributed by atoms with Crippen LogP contribution in [-0.4, -0.2) is 21.9 Å². The van der Waals surface area contributed by atoms with Gasteiger partial charge >= 0.3 is 0 Å². The van der Waals surface area contributed by atoms with Gasteiger partial charge in [0.15, 0.2) is 0 Å². The van der Waals surface area contributed by atoms with Crippen LogP contribution in [0.1, 0.15) is 41.6 Å². The van der Waals surface area contributed by atoms with Gasteiger partial charge in [-0.15, -0.1) is 0 Å². The van der Waals surface area contributed by atoms with Crippen LogP contribution in [0.25, 0.3) is 0 Å². The van der Waals surface area contributed by atoms with Gasteiger partial charge in [-0.2, -0.15) is 0 Å². The highest BCUT2D eigenvalue weighted by Crippen LogP contribution is 2.22. The first-order valence-electron chi connectivity index (χ1n) is 7.67. The third-order valence-corrected chi connectivity index (χ3v) is 3.64. The molecule has 114 valence electrons. The highest BCUT2D eigenvalue weighted by atomic mass is 16.2. The topological polar surface area (TPSA) is 66.9 Å². The van der Waals surface area contributed by atoms with Crippen LogP contribution in [0, 0.1) is 6.92 Å². The second-order valence-electron chi connectivity index (χ2n) is 5.57. The van der Waals surface area contributed by atoms with Crippen LogP contribution in [0.15, 0.2) is 30.3 Å². The number of nitrogens with zero attached hydrogens (tertiary/aromatic N) is 2. The zero-order chi connectivity index (χ0) is 15.5. The van der Waals surface area contributed by atoms with Gasteiger partial charge in [0.2, 0.25) is 0 Å². The number of aryl methyl sites for hydroxylation is 2. The number of amides is 1. The number of hydrogen-bond acceptors (Lipinski definition) is 4. The van der Waals surface area contributed by atoms with E-state index in [2.05, 4.69) is 33.6 Å². The van der Waals surface area contributed by atoms with Crippen molar-refractivity contribution in [2.45, 2.75) is 39.2 Å². The Morgan fingerprint density at radius 2 is 2.05 bits per heavy atom. The van der Waals surface area contributed by atoms with Gasteiger partial charge in [-0.25, -0.2) is 9.97 Å². The predicted octanol–water partition coefficient (Wildman–Crippen LogP) is 2.98. The number of aromatic nitrogens is 2. The fraction of sp³-hybridized carbons (Fsp3) is 0.353. The third-order valence-electron chi connectivity index (χ3n) is 3.64. The van der Waals surface area contributed by atoms with Gasteiger partial charge in [0.25, 0.3) is 5.91 Å². The second kappa shape index (κ2) is 6.13. The van der Waals surface area contributed by atoms with Crippen LogP contribution in [0.2, 0.25) is 0 Å². The molecule has 2 aromatic rings. The minimum absolute atomic E-state index is 0.125. The molecule has 1 heterocycles. The summed E-state index contributed by atoms with van der Waals surface area (Å²) >= 11 is 0. The molecule has 0 saturated heterocycles. The van der Waals surface area contributed by atoms with Crippen LogP contribution < -0.4 is 10.6 Å². The van der Waals surface area contributed by atoms with E-state index in [-0.39, 0.29) is 5.91 Å². The van der Waals surface area contributed by atoms with E-state index in [4.69, 9.17) is 0 Å². The summed E-state index contributed by atoms with van der Waals surface area (Å²) in [5.74, 6) is 1.11. The second-order valence-corrected chi connectivity index (χ2v) is 5.57. The molecule has 0 spiro atoms. The molecule has 0 unspecified atom stereocenters. The number of rotatable bonds is 5. The van der Waals surface area contributed by atoms with Crippen molar-refractivity contribution < 1.29 is 4.79 Å². The molecule has 3 rings (SSSR count). The molecular formula is C17H20N4O. The van der Waals surface area contributed by atoms with E-state index < -0.39 is 0 Å². The van der Waals surface area contributed by atoms with Gasteiger partial charge in [0.05, 0.1) is 0 Å². The van der Waals surface area contributed by atoms with Crippen LogP contribution >= 0.6 is 0 Å². The summed E-state index contributed by atoms with van der Waals surface area (Å²) in [6.07, 6.45) is 3.05. The highest BCUT2D eigenvalue weighted by molar-refractivity contribution is 5.93. The van der Waals surface area contributed by atoms with E-state index in [0.29, 0.717) is 23.4 Å². The van der Waals surface area contributed by atoms with Crippen molar-refractivity contribution in [2.24, 2.45) is 0 Å². The summed E-state index contributed by atoms with van der Waals surface area (Å²) in [6.45, 7) is 3.91. The largest absolute Gasteiger partial charge is 0.348 e. The molecule has 1 aromatic heterocycles. The first-order valence-corrected chi connectivity index (χ1v) is 7.67. The monoisotopic (exact) mass is 296 g/mol. The Bertz CT molecular complexity index is 695. The molecule has 22 heavy (non-hydrogen) atoms. The lowest BCUT2D eigenvalue weighted by Crippen LogP contribution is -2.26. The average Bonchev–Trinajstić information content (AvgIpc) is 3.31. The number of carbonyl (C=O) groups excluding carboxylic acids is 1. The van der Waals surface area contributed by atoms with Crippen molar-refractivity contribution in [3.05, 3.63) is 47.4 Å². The summed E-state index contributed by atoms with van der Waals surface area (Å²) in [5.41, 5.74) is 2.63. The maximum Gasteiger partial charge on any atom is 0.270 e. The van der Waals surface area contributed by atoms with Crippen molar-refractivity contribution in [3.8, 4) is 0 Å². The van der Waals surface area contributed by atoms with Crippen LogP contribution in [-0.2, 0) is 6.42 Å². The van der Waals surface area contributed by atoms with Gasteiger partial charge in [-0.3, -0.25) is 4.79 Å². The Hall–Kier alpha value is -2.43. The molecule has 5 heteroatoms. The quantitative estimate of drug-likeness (QED) is 0.890. The van der Waals surface area contributed by atoms with E-state index >= 15 is 0 Å². The van der Waals surface area contributed by atoms with E-state index in [0.717, 1.165) is 24.9 Å². The molecule has 1 fully saturated rings. The average molecular weight is 296 g/mol. The Kier molecular flexibility index (Phi) is 4.04. The molecule has 2 N–H and O–H groups in total. The van der Waals surface area contributed by atoms with Crippen LogP contribution in [0.4, 0.5) is 11.5 Å². The van der Waals surface area contributed by atoms with Gasteiger partial charge in [0.1, 0.15) is 17.3 Å². The fourth-order valence-electron chi connectivity index (χ4n) is 2.32. The number of nitrogens with one attached hydrogen (secondary N) is 2. The zero-order valence-electron chi connectivity index (χ0n) is 12.9. The Labute approximate surface area is 130 Å². The van der Waals surface area contributed by atoms with Gasteiger partial charge in [-0.05, 0) is 37.8 Å². The molecule has 0 aliphatic heterocycles. The van der Waals surface area contributed by atoms with Gasteiger partial charge < -0.3 is 10.6 Å². The maximum absolute atomic E-state index is 12.1. The van der Waals surface area contributed by atoms with E-state index in [1.165, 1.54) is 5.56 Å². The molecule has 1 amide bonds. The summed E-state index contributed by atoms with van der Waals surface area (Å²) < 4.78 is 0. The molecule has 1 aromatic carbocycles. The van der Waals surface area contributed by atoms with Gasteiger partial charge in [0, 0.05) is 17.8 Å². The van der Waals surface area contributed by atoms with Crippen LogP contribution in [0.3, 0.4) is 0 Å². The molecule has 1 saturated carbocycles. The lowest BCUT2D eigenvalue weighted by molar-refractivity contribution is 0.0945. The molecule has 0 radical (unpaired) electrons. The zero-order valence-corrected chi connectivity index (χ0v) is 12.9. The van der Waals surface area contributed by atoms with Crippen molar-refractivity contribution in [2.75, 3.05) is 5.32 Å². The first kappa shape index (κ1) is 14.5. The summed E-state index contributed by atoms with van der Waals surface area (Å²) in [7, 11) is 0. The van der Waals surface area contributed by atoms with E-state index in [9.17, 15) is 4.79 Å². The Morgan fingerprint density at radius 3 is 2.77 bits per heavy atom. The standard InChI is InChI=1S/C17H20N4O/c1-3-12-6-4-5-7-14(12)21-16-10-15(18-11(2)19-16)17(22)20-13-8-9-13/h4-7,10,13H,3,8-9H2,1-2H3,(H,20,22)(H,18,19,21). The SMILES string of the molecule is CCc1ccccc1Nc1cc(C(=O)NC2CC2)nc(C)n1. The normalized spacial score (nSPS) is 13.7. The number of hydrogen-bond donors (Lipinski definition) is 2. The first-order chi connectivity index (χ1) is 10.7. The minimum Gasteiger partial charge on any atom is -0.348 e. The summed E-state index contributed by atoms with van der Waals surface area (Å²) in [6, 6.07) is 10.1. The molecule has 0 bridgehead atoms. The summed E-state index contributed by atoms with van der Waals surface area (Å²) in [4.78, 5) is 20.8. The van der Waals surface area contributed by atoms with Crippen molar-refractivity contribution in [3.63, 3.8) is 0 Å². The fourth-order valence-corrected chi connectivity index (χ4v) is 2.32. The Morgan fingerprint density at radius 1 is 1.27 bits per heavy atom. The number of para-hydroxylation sites is 1. The highest BCUT2D eigenvalue weighted by Gasteiger charge is 2.24. The molecular weight excluding hydrogens is 276 g/mol. The smallest absolute Gasteiger partial charge is 0.270 e. The molecule has 5 nitrogen and oxygen atoms in total. The Balaban J connectivity index is 1.84. The maximum atomic E-state index is 12.1. The van der Waals surface area contributed by atoms with E-state index in [1.54, 1.807) is 13.0 Å². The molecule has 1 aliphatic rings. The number of carbonyl (C=O) groups is 1. The number of benzene rings is 1. The molecule has 0 atom stereocenters. The van der Waals surface area contributed by atoms with Crippen molar-refractivity contribution in [1.82, 2.24) is 15.3 Å². The summed E-state index contributed by atoms with van der Waals surface area (Å²) in [5, 5.41) is 6.25. The third kappa shape index (κ3) is 3.42. The minimum atomic E-state index is -0.125. The van der Waals surface area contributed by atoms with Crippen molar-refractivity contribution in [1.29, 1.82) is 0 Å². The lowest BCUT2D eigenvalue weighted by Gasteiger charge is -2.11. The predicted molar refractivity (Wildman–Crippen MR) is 86.4 cm³/mol. The van der Waals surface area contributed by atoms with Crippen molar-refractivity contribution >= 4 is 17.4 Å².